The summed E-state index contributed by atoms with van der Waals surface area (Å²) in [5, 5.41) is 5.67. The Kier molecular flexibility index (Phi) is 5.51. The van der Waals surface area contributed by atoms with Crippen LogP contribution < -0.4 is 10.6 Å². The first-order valence-corrected chi connectivity index (χ1v) is 8.80. The number of rotatable bonds is 4. The molecule has 0 bridgehead atoms. The Bertz CT molecular complexity index is 792. The molecule has 0 saturated carbocycles. The third-order valence-electron chi connectivity index (χ3n) is 4.57. The van der Waals surface area contributed by atoms with Crippen molar-refractivity contribution in [2.45, 2.75) is 32.2 Å². The number of carbonyl (C=O) groups is 2. The van der Waals surface area contributed by atoms with Crippen molar-refractivity contribution in [1.29, 1.82) is 0 Å². The number of urea groups is 1. The monoisotopic (exact) mass is 355 g/mol. The van der Waals surface area contributed by atoms with E-state index in [9.17, 15) is 14.0 Å². The molecular formula is C20H22FN3O2. The lowest BCUT2D eigenvalue weighted by molar-refractivity contribution is -0.119. The van der Waals surface area contributed by atoms with Crippen LogP contribution in [0.4, 0.5) is 20.6 Å². The van der Waals surface area contributed by atoms with Crippen molar-refractivity contribution < 1.29 is 14.0 Å². The van der Waals surface area contributed by atoms with Crippen molar-refractivity contribution in [2.24, 2.45) is 0 Å². The number of para-hydroxylation sites is 1. The van der Waals surface area contributed by atoms with E-state index in [0.29, 0.717) is 18.7 Å². The van der Waals surface area contributed by atoms with Gasteiger partial charge in [-0.15, -0.1) is 0 Å². The molecule has 5 nitrogen and oxygen atoms in total. The van der Waals surface area contributed by atoms with Gasteiger partial charge in [0.1, 0.15) is 11.9 Å². The van der Waals surface area contributed by atoms with E-state index in [1.807, 2.05) is 31.2 Å². The summed E-state index contributed by atoms with van der Waals surface area (Å²) in [5.41, 5.74) is 2.34. The molecule has 2 aromatic rings. The van der Waals surface area contributed by atoms with Crippen LogP contribution in [-0.2, 0) is 11.2 Å². The first-order chi connectivity index (χ1) is 12.6. The minimum absolute atomic E-state index is 0.183. The van der Waals surface area contributed by atoms with Crippen molar-refractivity contribution in [3.8, 4) is 0 Å². The molecule has 3 rings (SSSR count). The second kappa shape index (κ2) is 7.99. The van der Waals surface area contributed by atoms with Crippen LogP contribution >= 0.6 is 0 Å². The third kappa shape index (κ3) is 4.02. The van der Waals surface area contributed by atoms with Crippen molar-refractivity contribution >= 4 is 23.3 Å². The van der Waals surface area contributed by atoms with E-state index < -0.39 is 6.04 Å². The van der Waals surface area contributed by atoms with Crippen LogP contribution in [0.2, 0.25) is 0 Å². The summed E-state index contributed by atoms with van der Waals surface area (Å²) in [4.78, 5) is 26.8. The SMILES string of the molecule is CCc1ccccc1NC(=O)[C@H]1CCCN1C(=O)Nc1ccc(F)cc1. The molecule has 136 valence electrons. The summed E-state index contributed by atoms with van der Waals surface area (Å²) in [6.07, 6.45) is 2.21. The Labute approximate surface area is 152 Å². The maximum absolute atomic E-state index is 13.0. The Hall–Kier alpha value is -2.89. The number of carbonyl (C=O) groups excluding carboxylic acids is 2. The highest BCUT2D eigenvalue weighted by Crippen LogP contribution is 2.22. The van der Waals surface area contributed by atoms with Gasteiger partial charge in [0.2, 0.25) is 5.91 Å². The second-order valence-electron chi connectivity index (χ2n) is 6.29. The molecule has 1 fully saturated rings. The van der Waals surface area contributed by atoms with Gasteiger partial charge < -0.3 is 15.5 Å². The number of hydrogen-bond donors (Lipinski definition) is 2. The quantitative estimate of drug-likeness (QED) is 0.870. The average Bonchev–Trinajstić information content (AvgIpc) is 3.14. The van der Waals surface area contributed by atoms with Crippen LogP contribution in [0.3, 0.4) is 0 Å². The van der Waals surface area contributed by atoms with Crippen LogP contribution in [-0.4, -0.2) is 29.4 Å². The zero-order valence-electron chi connectivity index (χ0n) is 14.7. The summed E-state index contributed by atoms with van der Waals surface area (Å²) in [6, 6.07) is 12.4. The Morgan fingerprint density at radius 1 is 1.12 bits per heavy atom. The molecule has 6 heteroatoms. The summed E-state index contributed by atoms with van der Waals surface area (Å²) >= 11 is 0. The molecule has 1 atom stereocenters. The first-order valence-electron chi connectivity index (χ1n) is 8.80. The lowest BCUT2D eigenvalue weighted by atomic mass is 10.1. The van der Waals surface area contributed by atoms with E-state index in [1.54, 1.807) is 0 Å². The lowest BCUT2D eigenvalue weighted by Gasteiger charge is -2.24. The fourth-order valence-corrected chi connectivity index (χ4v) is 3.18. The van der Waals surface area contributed by atoms with Gasteiger partial charge >= 0.3 is 6.03 Å². The highest BCUT2D eigenvalue weighted by molar-refractivity contribution is 6.00. The molecule has 1 aliphatic heterocycles. The van der Waals surface area contributed by atoms with Gasteiger partial charge in [0.15, 0.2) is 0 Å². The van der Waals surface area contributed by atoms with Gasteiger partial charge in [-0.05, 0) is 55.2 Å². The van der Waals surface area contributed by atoms with Crippen molar-refractivity contribution in [3.63, 3.8) is 0 Å². The molecule has 2 N–H and O–H groups in total. The van der Waals surface area contributed by atoms with Gasteiger partial charge in [0.25, 0.3) is 0 Å². The number of amides is 3. The van der Waals surface area contributed by atoms with E-state index in [1.165, 1.54) is 29.2 Å². The Morgan fingerprint density at radius 2 is 1.85 bits per heavy atom. The summed E-state index contributed by atoms with van der Waals surface area (Å²) < 4.78 is 13.0. The molecule has 2 aromatic carbocycles. The van der Waals surface area contributed by atoms with Gasteiger partial charge in [-0.25, -0.2) is 9.18 Å². The Morgan fingerprint density at radius 3 is 2.58 bits per heavy atom. The lowest BCUT2D eigenvalue weighted by Crippen LogP contribution is -2.45. The predicted molar refractivity (Wildman–Crippen MR) is 99.6 cm³/mol. The predicted octanol–water partition coefficient (Wildman–Crippen LogP) is 4.02. The molecule has 1 heterocycles. The molecule has 1 aliphatic rings. The average molecular weight is 355 g/mol. The summed E-state index contributed by atoms with van der Waals surface area (Å²) in [6.45, 7) is 2.55. The number of likely N-dealkylation sites (tertiary alicyclic amines) is 1. The number of nitrogens with one attached hydrogen (secondary N) is 2. The van der Waals surface area contributed by atoms with E-state index >= 15 is 0 Å². The summed E-state index contributed by atoms with van der Waals surface area (Å²) in [5.74, 6) is -0.548. The molecule has 0 unspecified atom stereocenters. The number of halogens is 1. The minimum atomic E-state index is -0.514. The fraction of sp³-hybridized carbons (Fsp3) is 0.300. The molecule has 0 aromatic heterocycles. The second-order valence-corrected chi connectivity index (χ2v) is 6.29. The van der Waals surface area contributed by atoms with Gasteiger partial charge in [-0.1, -0.05) is 25.1 Å². The van der Waals surface area contributed by atoms with Crippen molar-refractivity contribution in [2.75, 3.05) is 17.2 Å². The van der Waals surface area contributed by atoms with E-state index in [0.717, 1.165) is 24.1 Å². The van der Waals surface area contributed by atoms with Crippen LogP contribution in [0.15, 0.2) is 48.5 Å². The maximum Gasteiger partial charge on any atom is 0.322 e. The van der Waals surface area contributed by atoms with E-state index in [2.05, 4.69) is 10.6 Å². The zero-order valence-corrected chi connectivity index (χ0v) is 14.7. The zero-order chi connectivity index (χ0) is 18.5. The van der Waals surface area contributed by atoms with Gasteiger partial charge in [-0.3, -0.25) is 4.79 Å². The fourth-order valence-electron chi connectivity index (χ4n) is 3.18. The normalized spacial score (nSPS) is 16.4. The molecule has 0 aliphatic carbocycles. The van der Waals surface area contributed by atoms with E-state index in [-0.39, 0.29) is 17.8 Å². The smallest absolute Gasteiger partial charge is 0.322 e. The number of anilines is 2. The number of nitrogens with zero attached hydrogens (tertiary/aromatic N) is 1. The topological polar surface area (TPSA) is 61.4 Å². The van der Waals surface area contributed by atoms with Crippen molar-refractivity contribution in [3.05, 3.63) is 59.9 Å². The molecule has 0 radical (unpaired) electrons. The standard InChI is InChI=1S/C20H22FN3O2/c1-2-14-6-3-4-7-17(14)23-19(25)18-8-5-13-24(18)20(26)22-16-11-9-15(21)10-12-16/h3-4,6-7,9-12,18H,2,5,8,13H2,1H3,(H,22,26)(H,23,25)/t18-/m1/s1. The first kappa shape index (κ1) is 17.9. The van der Waals surface area contributed by atoms with Gasteiger partial charge in [0.05, 0.1) is 0 Å². The molecular weight excluding hydrogens is 333 g/mol. The largest absolute Gasteiger partial charge is 0.324 e. The Balaban J connectivity index is 1.67. The molecule has 26 heavy (non-hydrogen) atoms. The molecule has 1 saturated heterocycles. The maximum atomic E-state index is 13.0. The van der Waals surface area contributed by atoms with Gasteiger partial charge in [0, 0.05) is 17.9 Å². The van der Waals surface area contributed by atoms with Crippen LogP contribution in [0.1, 0.15) is 25.3 Å². The van der Waals surface area contributed by atoms with Crippen molar-refractivity contribution in [1.82, 2.24) is 4.90 Å². The van der Waals surface area contributed by atoms with Crippen LogP contribution in [0.5, 0.6) is 0 Å². The van der Waals surface area contributed by atoms with Gasteiger partial charge in [-0.2, -0.15) is 0 Å². The van der Waals surface area contributed by atoms with Crippen LogP contribution in [0, 0.1) is 5.82 Å². The van der Waals surface area contributed by atoms with Crippen LogP contribution in [0.25, 0.3) is 0 Å². The summed E-state index contributed by atoms with van der Waals surface area (Å²) in [7, 11) is 0. The highest BCUT2D eigenvalue weighted by atomic mass is 19.1. The number of hydrogen-bond acceptors (Lipinski definition) is 2. The van der Waals surface area contributed by atoms with E-state index in [4.69, 9.17) is 0 Å². The molecule has 3 amide bonds. The third-order valence-corrected chi connectivity index (χ3v) is 4.57. The minimum Gasteiger partial charge on any atom is -0.324 e. The molecule has 0 spiro atoms. The number of aryl methyl sites for hydroxylation is 1. The highest BCUT2D eigenvalue weighted by Gasteiger charge is 2.34. The number of benzene rings is 2.